The van der Waals surface area contributed by atoms with E-state index in [4.69, 9.17) is 4.74 Å². The third kappa shape index (κ3) is 3.51. The van der Waals surface area contributed by atoms with Gasteiger partial charge in [-0.3, -0.25) is 9.59 Å². The lowest BCUT2D eigenvalue weighted by Crippen LogP contribution is -2.48. The van der Waals surface area contributed by atoms with Crippen molar-refractivity contribution in [2.45, 2.75) is 43.8 Å². The summed E-state index contributed by atoms with van der Waals surface area (Å²) in [4.78, 5) is 39.0. The van der Waals surface area contributed by atoms with Crippen molar-refractivity contribution in [3.05, 3.63) is 35.2 Å². The number of rotatable bonds is 3. The van der Waals surface area contributed by atoms with Crippen LogP contribution in [0.1, 0.15) is 53.3 Å². The molecule has 11 heteroatoms. The van der Waals surface area contributed by atoms with Crippen molar-refractivity contribution in [2.75, 3.05) is 19.7 Å². The molecule has 31 heavy (non-hydrogen) atoms. The number of aromatic nitrogens is 2. The Balaban J connectivity index is 1.37. The summed E-state index contributed by atoms with van der Waals surface area (Å²) in [7, 11) is 0. The molecule has 0 N–H and O–H groups in total. The van der Waals surface area contributed by atoms with Crippen LogP contribution in [0.3, 0.4) is 0 Å². The lowest BCUT2D eigenvalue weighted by atomic mass is 10.0. The molecule has 3 fully saturated rings. The molecule has 0 bridgehead atoms. The summed E-state index contributed by atoms with van der Waals surface area (Å²) >= 11 is 0. The van der Waals surface area contributed by atoms with Gasteiger partial charge in [-0.05, 0) is 55.4 Å². The molecular formula is C20H19F3N4O4. The average molecular weight is 436 g/mol. The third-order valence-electron chi connectivity index (χ3n) is 6.04. The summed E-state index contributed by atoms with van der Waals surface area (Å²) in [5.74, 6) is -0.751. The van der Waals surface area contributed by atoms with Gasteiger partial charge in [-0.1, -0.05) is 0 Å². The number of carbonyl (C=O) groups excluding carboxylic acids is 3. The minimum Gasteiger partial charge on any atom is -0.439 e. The zero-order valence-electron chi connectivity index (χ0n) is 16.4. The Bertz CT molecular complexity index is 1070. The van der Waals surface area contributed by atoms with E-state index in [1.807, 2.05) is 0 Å². The van der Waals surface area contributed by atoms with Crippen molar-refractivity contribution in [3.8, 4) is 0 Å². The van der Waals surface area contributed by atoms with Gasteiger partial charge in [0.2, 0.25) is 0 Å². The van der Waals surface area contributed by atoms with E-state index in [0.717, 1.165) is 28.3 Å². The fraction of sp³-hybridized carbons (Fsp3) is 0.500. The largest absolute Gasteiger partial charge is 0.439 e. The molecule has 0 atom stereocenters. The Morgan fingerprint density at radius 2 is 1.77 bits per heavy atom. The molecule has 2 aromatic rings. The van der Waals surface area contributed by atoms with Gasteiger partial charge in [0.05, 0.1) is 5.52 Å². The van der Waals surface area contributed by atoms with E-state index >= 15 is 0 Å². The maximum Gasteiger partial charge on any atom is 0.433 e. The fourth-order valence-corrected chi connectivity index (χ4v) is 4.29. The summed E-state index contributed by atoms with van der Waals surface area (Å²) in [6, 6.07) is 3.80. The number of likely N-dealkylation sites (tertiary alicyclic amines) is 1. The zero-order chi connectivity index (χ0) is 21.9. The summed E-state index contributed by atoms with van der Waals surface area (Å²) in [6.07, 6.45) is -2.81. The number of fused-ring (bicyclic) bond motifs is 1. The zero-order valence-corrected chi connectivity index (χ0v) is 16.4. The highest BCUT2D eigenvalue weighted by Gasteiger charge is 2.40. The molecule has 3 aliphatic rings. The number of cyclic esters (lactones) is 1. The van der Waals surface area contributed by atoms with Crippen LogP contribution < -0.4 is 0 Å². The summed E-state index contributed by atoms with van der Waals surface area (Å²) < 4.78 is 46.2. The van der Waals surface area contributed by atoms with Gasteiger partial charge in [0.1, 0.15) is 5.69 Å². The Morgan fingerprint density at radius 1 is 1.06 bits per heavy atom. The Morgan fingerprint density at radius 3 is 2.35 bits per heavy atom. The molecule has 2 aromatic heterocycles. The van der Waals surface area contributed by atoms with Gasteiger partial charge in [-0.25, -0.2) is 14.2 Å². The molecule has 0 radical (unpaired) electrons. The number of imide groups is 1. The van der Waals surface area contributed by atoms with E-state index in [9.17, 15) is 27.6 Å². The predicted octanol–water partition coefficient (Wildman–Crippen LogP) is 2.81. The van der Waals surface area contributed by atoms with Crippen LogP contribution in [0.4, 0.5) is 18.0 Å². The van der Waals surface area contributed by atoms with Gasteiger partial charge in [0.25, 0.3) is 11.8 Å². The lowest BCUT2D eigenvalue weighted by molar-refractivity contribution is -0.142. The van der Waals surface area contributed by atoms with E-state index in [-0.39, 0.29) is 42.9 Å². The molecule has 164 valence electrons. The number of ether oxygens (including phenoxy) is 1. The molecule has 0 unspecified atom stereocenters. The van der Waals surface area contributed by atoms with E-state index in [2.05, 4.69) is 5.10 Å². The molecule has 3 amide bonds. The number of hydrogen-bond donors (Lipinski definition) is 0. The maximum atomic E-state index is 13.6. The van der Waals surface area contributed by atoms with Crippen LogP contribution in [-0.4, -0.2) is 63.1 Å². The molecule has 4 heterocycles. The van der Waals surface area contributed by atoms with Crippen molar-refractivity contribution < 1.29 is 32.3 Å². The molecule has 0 aromatic carbocycles. The van der Waals surface area contributed by atoms with Crippen LogP contribution in [0.25, 0.3) is 5.52 Å². The van der Waals surface area contributed by atoms with E-state index < -0.39 is 29.8 Å². The standard InChI is InChI=1S/C20H19F3N4O4/c21-20(22,23)16-8-12(11-1-2-11)7-14-9-15(24-27(14)16)18(29)25-5-3-13(4-6-25)26-17(28)10-31-19(26)30/h7-9,11,13H,1-6,10H2. The predicted molar refractivity (Wildman–Crippen MR) is 99.3 cm³/mol. The van der Waals surface area contributed by atoms with E-state index in [1.54, 1.807) is 6.07 Å². The monoisotopic (exact) mass is 436 g/mol. The number of hydrogen-bond acceptors (Lipinski definition) is 5. The first-order valence-electron chi connectivity index (χ1n) is 10.1. The molecule has 5 rings (SSSR count). The van der Waals surface area contributed by atoms with Crippen LogP contribution in [-0.2, 0) is 15.7 Å². The second-order valence-electron chi connectivity index (χ2n) is 8.15. The quantitative estimate of drug-likeness (QED) is 0.739. The second-order valence-corrected chi connectivity index (χ2v) is 8.15. The number of piperidine rings is 1. The Hall–Kier alpha value is -3.11. The molecule has 1 saturated carbocycles. The lowest BCUT2D eigenvalue weighted by Gasteiger charge is -2.34. The highest BCUT2D eigenvalue weighted by Crippen LogP contribution is 2.42. The molecule has 2 aliphatic heterocycles. The topological polar surface area (TPSA) is 84.2 Å². The van der Waals surface area contributed by atoms with Gasteiger partial charge < -0.3 is 9.64 Å². The van der Waals surface area contributed by atoms with Crippen LogP contribution in [0.15, 0.2) is 18.2 Å². The number of carbonyl (C=O) groups is 3. The molecular weight excluding hydrogens is 417 g/mol. The normalized spacial score (nSPS) is 20.6. The Labute approximate surface area is 174 Å². The molecule has 2 saturated heterocycles. The second kappa shape index (κ2) is 6.96. The minimum atomic E-state index is -4.59. The van der Waals surface area contributed by atoms with Gasteiger partial charge in [-0.2, -0.15) is 18.3 Å². The molecule has 1 aliphatic carbocycles. The molecule has 8 nitrogen and oxygen atoms in total. The van der Waals surface area contributed by atoms with E-state index in [1.165, 1.54) is 11.0 Å². The van der Waals surface area contributed by atoms with Crippen LogP contribution in [0.2, 0.25) is 0 Å². The van der Waals surface area contributed by atoms with Crippen molar-refractivity contribution in [1.29, 1.82) is 0 Å². The highest BCUT2D eigenvalue weighted by atomic mass is 19.4. The van der Waals surface area contributed by atoms with Crippen molar-refractivity contribution in [2.24, 2.45) is 0 Å². The summed E-state index contributed by atoms with van der Waals surface area (Å²) in [5.41, 5.74) is -0.105. The summed E-state index contributed by atoms with van der Waals surface area (Å²) in [5, 5.41) is 3.96. The van der Waals surface area contributed by atoms with Gasteiger partial charge in [-0.15, -0.1) is 0 Å². The van der Waals surface area contributed by atoms with Gasteiger partial charge >= 0.3 is 12.3 Å². The van der Waals surface area contributed by atoms with Crippen LogP contribution in [0.5, 0.6) is 0 Å². The van der Waals surface area contributed by atoms with E-state index in [0.29, 0.717) is 18.4 Å². The first-order valence-corrected chi connectivity index (χ1v) is 10.1. The SMILES string of the molecule is O=C(c1cc2cc(C3CC3)cc(C(F)(F)F)n2n1)N1CCC(N2C(=O)COC2=O)CC1. The number of pyridine rings is 1. The first kappa shape index (κ1) is 19.8. The fourth-order valence-electron chi connectivity index (χ4n) is 4.29. The van der Waals surface area contributed by atoms with Crippen LogP contribution in [0, 0.1) is 0 Å². The smallest absolute Gasteiger partial charge is 0.433 e. The number of alkyl halides is 3. The van der Waals surface area contributed by atoms with Gasteiger partial charge in [0.15, 0.2) is 12.3 Å². The summed E-state index contributed by atoms with van der Waals surface area (Å²) in [6.45, 7) is 0.241. The first-order chi connectivity index (χ1) is 14.7. The van der Waals surface area contributed by atoms with Crippen molar-refractivity contribution >= 4 is 23.4 Å². The van der Waals surface area contributed by atoms with Crippen molar-refractivity contribution in [3.63, 3.8) is 0 Å². The minimum absolute atomic E-state index is 0.0615. The number of halogens is 3. The maximum absolute atomic E-state index is 13.6. The molecule has 0 spiro atoms. The Kier molecular flexibility index (Phi) is 4.45. The third-order valence-corrected chi connectivity index (χ3v) is 6.04. The number of amides is 3. The number of nitrogens with zero attached hydrogens (tertiary/aromatic N) is 4. The highest BCUT2D eigenvalue weighted by molar-refractivity contribution is 5.98. The van der Waals surface area contributed by atoms with Crippen molar-refractivity contribution in [1.82, 2.24) is 19.4 Å². The average Bonchev–Trinajstić information content (AvgIpc) is 3.41. The van der Waals surface area contributed by atoms with Crippen LogP contribution >= 0.6 is 0 Å². The van der Waals surface area contributed by atoms with Gasteiger partial charge in [0, 0.05) is 19.1 Å².